The summed E-state index contributed by atoms with van der Waals surface area (Å²) in [4.78, 5) is 10.7. The number of carbonyl (C=O) groups excluding carboxylic acids is 1. The van der Waals surface area contributed by atoms with Gasteiger partial charge in [0.25, 0.3) is 0 Å². The van der Waals surface area contributed by atoms with Crippen molar-refractivity contribution in [3.63, 3.8) is 0 Å². The Morgan fingerprint density at radius 1 is 1.27 bits per heavy atom. The van der Waals surface area contributed by atoms with Crippen molar-refractivity contribution in [2.45, 2.75) is 57.5 Å². The van der Waals surface area contributed by atoms with Crippen LogP contribution in [0.1, 0.15) is 33.6 Å². The summed E-state index contributed by atoms with van der Waals surface area (Å²) in [6.07, 6.45) is 10.9. The van der Waals surface area contributed by atoms with Crippen molar-refractivity contribution in [2.24, 2.45) is 23.7 Å². The first-order valence-corrected chi connectivity index (χ1v) is 12.8. The molecule has 2 aliphatic carbocycles. The molecule has 1 heterocycles. The maximum absolute atomic E-state index is 10.7. The van der Waals surface area contributed by atoms with Crippen molar-refractivity contribution in [1.29, 1.82) is 0 Å². The lowest BCUT2D eigenvalue weighted by molar-refractivity contribution is -0.154. The lowest BCUT2D eigenvalue weighted by atomic mass is 9.86. The zero-order valence-corrected chi connectivity index (χ0v) is 17.9. The topological polar surface area (TPSA) is 44.8 Å². The van der Waals surface area contributed by atoms with E-state index in [4.69, 9.17) is 13.9 Å². The van der Waals surface area contributed by atoms with Crippen LogP contribution in [0.3, 0.4) is 0 Å². The van der Waals surface area contributed by atoms with E-state index in [0.717, 1.165) is 25.7 Å². The number of carbonyl (C=O) groups is 1. The maximum atomic E-state index is 10.7. The molecule has 0 aromatic rings. The van der Waals surface area contributed by atoms with Crippen LogP contribution in [0.4, 0.5) is 0 Å². The van der Waals surface area contributed by atoms with Gasteiger partial charge in [-0.2, -0.15) is 0 Å². The van der Waals surface area contributed by atoms with Gasteiger partial charge in [0.15, 0.2) is 14.1 Å². The third-order valence-corrected chi connectivity index (χ3v) is 11.5. The number of rotatable bonds is 6. The lowest BCUT2D eigenvalue weighted by Crippen LogP contribution is -2.42. The normalized spacial score (nSPS) is 33.4. The molecule has 0 N–H and O–H groups in total. The molecule has 3 rings (SSSR count). The Bertz CT molecular complexity index is 569. The summed E-state index contributed by atoms with van der Waals surface area (Å²) in [7, 11) is -1.77. The van der Waals surface area contributed by atoms with Crippen molar-refractivity contribution in [3.8, 4) is 0 Å². The van der Waals surface area contributed by atoms with Crippen LogP contribution in [-0.2, 0) is 18.7 Å². The summed E-state index contributed by atoms with van der Waals surface area (Å²) in [5, 5.41) is 0.215. The van der Waals surface area contributed by atoms with Gasteiger partial charge in [0, 0.05) is 12.5 Å². The Kier molecular flexibility index (Phi) is 5.65. The summed E-state index contributed by atoms with van der Waals surface area (Å²) < 4.78 is 18.6. The summed E-state index contributed by atoms with van der Waals surface area (Å²) >= 11 is 0. The second-order valence-corrected chi connectivity index (χ2v) is 14.3. The van der Waals surface area contributed by atoms with Crippen molar-refractivity contribution >= 4 is 14.6 Å². The molecule has 1 spiro atoms. The molecule has 26 heavy (non-hydrogen) atoms. The van der Waals surface area contributed by atoms with Gasteiger partial charge in [-0.3, -0.25) is 4.79 Å². The molecule has 0 radical (unpaired) electrons. The molecule has 0 unspecified atom stereocenters. The number of ether oxygens (including phenoxy) is 2. The number of allylic oxidation sites excluding steroid dienone is 3. The number of aldehydes is 1. The predicted molar refractivity (Wildman–Crippen MR) is 105 cm³/mol. The molecule has 0 bridgehead atoms. The zero-order chi connectivity index (χ0) is 19.0. The highest BCUT2D eigenvalue weighted by molar-refractivity contribution is 6.74. The molecule has 1 saturated carbocycles. The molecule has 0 aromatic carbocycles. The fourth-order valence-corrected chi connectivity index (χ4v) is 5.53. The Morgan fingerprint density at radius 2 is 1.96 bits per heavy atom. The highest BCUT2D eigenvalue weighted by Crippen LogP contribution is 2.55. The Labute approximate surface area is 159 Å². The molecule has 0 amide bonds. The van der Waals surface area contributed by atoms with E-state index in [1.807, 2.05) is 6.08 Å². The van der Waals surface area contributed by atoms with Gasteiger partial charge < -0.3 is 13.9 Å². The third kappa shape index (κ3) is 3.64. The van der Waals surface area contributed by atoms with Crippen LogP contribution in [-0.4, -0.2) is 40.2 Å². The molecule has 4 nitrogen and oxygen atoms in total. The molecule has 146 valence electrons. The van der Waals surface area contributed by atoms with Crippen LogP contribution in [0.5, 0.6) is 0 Å². The lowest BCUT2D eigenvalue weighted by Gasteiger charge is -2.37. The van der Waals surface area contributed by atoms with E-state index in [1.54, 1.807) is 6.08 Å². The summed E-state index contributed by atoms with van der Waals surface area (Å²) in [5.74, 6) is 1.25. The monoisotopic (exact) mass is 378 g/mol. The third-order valence-electron chi connectivity index (χ3n) is 7.01. The molecular formula is C21H34O4Si. The van der Waals surface area contributed by atoms with Crippen molar-refractivity contribution in [1.82, 2.24) is 0 Å². The average Bonchev–Trinajstić information content (AvgIpc) is 3.24. The van der Waals surface area contributed by atoms with E-state index in [1.165, 1.54) is 0 Å². The minimum Gasteiger partial charge on any atom is -0.417 e. The van der Waals surface area contributed by atoms with E-state index in [-0.39, 0.29) is 5.04 Å². The van der Waals surface area contributed by atoms with Gasteiger partial charge in [-0.05, 0) is 60.9 Å². The Hall–Kier alpha value is -0.753. The fraction of sp³-hybridized carbons (Fsp3) is 0.762. The summed E-state index contributed by atoms with van der Waals surface area (Å²) in [5.41, 5.74) is 0. The van der Waals surface area contributed by atoms with E-state index in [0.29, 0.717) is 36.9 Å². The average molecular weight is 379 g/mol. The Balaban J connectivity index is 1.74. The highest BCUT2D eigenvalue weighted by Gasteiger charge is 2.57. The fourth-order valence-electron chi connectivity index (χ4n) is 4.47. The minimum absolute atomic E-state index is 0.215. The molecule has 0 aromatic heterocycles. The van der Waals surface area contributed by atoms with E-state index >= 15 is 0 Å². The van der Waals surface area contributed by atoms with Gasteiger partial charge in [-0.1, -0.05) is 32.9 Å². The zero-order valence-electron chi connectivity index (χ0n) is 16.9. The molecular weight excluding hydrogens is 344 g/mol. The first-order chi connectivity index (χ1) is 12.2. The second-order valence-electron chi connectivity index (χ2n) is 9.49. The first kappa shape index (κ1) is 20.0. The van der Waals surface area contributed by atoms with Crippen LogP contribution < -0.4 is 0 Å². The SMILES string of the molecule is CC(C)(C)[Si](C)(C)OC[C@@H]1C[C@H]2[C@H](C=CC23OCCO3)[C@H]1C/C=C\C=O. The highest BCUT2D eigenvalue weighted by atomic mass is 28.4. The summed E-state index contributed by atoms with van der Waals surface area (Å²) in [6, 6.07) is 0. The quantitative estimate of drug-likeness (QED) is 0.299. The smallest absolute Gasteiger partial charge is 0.191 e. The predicted octanol–water partition coefficient (Wildman–Crippen LogP) is 4.33. The molecule has 3 aliphatic rings. The number of hydrogen-bond donors (Lipinski definition) is 0. The van der Waals surface area contributed by atoms with Crippen LogP contribution in [0, 0.1) is 23.7 Å². The molecule has 5 heteroatoms. The van der Waals surface area contributed by atoms with Crippen molar-refractivity contribution in [2.75, 3.05) is 19.8 Å². The van der Waals surface area contributed by atoms with E-state index in [9.17, 15) is 4.79 Å². The van der Waals surface area contributed by atoms with Gasteiger partial charge in [0.1, 0.15) is 6.29 Å². The van der Waals surface area contributed by atoms with Crippen LogP contribution >= 0.6 is 0 Å². The molecule has 2 fully saturated rings. The molecule has 4 atom stereocenters. The van der Waals surface area contributed by atoms with Gasteiger partial charge in [-0.25, -0.2) is 0 Å². The van der Waals surface area contributed by atoms with E-state index in [2.05, 4.69) is 46.0 Å². The largest absolute Gasteiger partial charge is 0.417 e. The second kappa shape index (κ2) is 7.34. The first-order valence-electron chi connectivity index (χ1n) is 9.92. The van der Waals surface area contributed by atoms with Crippen LogP contribution in [0.25, 0.3) is 0 Å². The van der Waals surface area contributed by atoms with Gasteiger partial charge >= 0.3 is 0 Å². The number of hydrogen-bond acceptors (Lipinski definition) is 4. The van der Waals surface area contributed by atoms with Crippen molar-refractivity contribution < 1.29 is 18.7 Å². The summed E-state index contributed by atoms with van der Waals surface area (Å²) in [6.45, 7) is 13.6. The van der Waals surface area contributed by atoms with Crippen LogP contribution in [0.2, 0.25) is 18.1 Å². The number of fused-ring (bicyclic) bond motifs is 2. The van der Waals surface area contributed by atoms with Crippen molar-refractivity contribution in [3.05, 3.63) is 24.3 Å². The minimum atomic E-state index is -1.77. The van der Waals surface area contributed by atoms with Gasteiger partial charge in [0.05, 0.1) is 13.2 Å². The molecule has 1 aliphatic heterocycles. The maximum Gasteiger partial charge on any atom is 0.191 e. The Morgan fingerprint density at radius 3 is 2.58 bits per heavy atom. The van der Waals surface area contributed by atoms with Crippen LogP contribution in [0.15, 0.2) is 24.3 Å². The van der Waals surface area contributed by atoms with Gasteiger partial charge in [-0.15, -0.1) is 0 Å². The van der Waals surface area contributed by atoms with E-state index < -0.39 is 14.1 Å². The van der Waals surface area contributed by atoms with Gasteiger partial charge in [0.2, 0.25) is 0 Å². The standard InChI is InChI=1S/C21H34O4Si/c1-20(2,3)26(4,5)25-15-16-14-19-18(17(16)8-6-7-11-22)9-10-21(19)23-12-13-24-21/h6-7,9-11,16-19H,8,12-15H2,1-5H3/b7-6-/t16-,17-,18+,19-/m0/s1. The molecule has 1 saturated heterocycles.